The van der Waals surface area contributed by atoms with Gasteiger partial charge in [-0.1, -0.05) is 54.6 Å². The van der Waals surface area contributed by atoms with Crippen molar-refractivity contribution in [2.24, 2.45) is 0 Å². The fourth-order valence-corrected chi connectivity index (χ4v) is 6.50. The highest BCUT2D eigenvalue weighted by Crippen LogP contribution is 2.46. The molecule has 2 aliphatic heterocycles. The molecule has 4 aromatic carbocycles. The normalized spacial score (nSPS) is 25.6. The molecule has 0 aromatic heterocycles. The number of aliphatic hydroxyl groups excluding tert-OH is 4. The number of rotatable bonds is 11. The molecular weight excluding hydrogens is 692 g/mol. The average Bonchev–Trinajstić information content (AvgIpc) is 3.11. The van der Waals surface area contributed by atoms with Gasteiger partial charge in [-0.2, -0.15) is 0 Å². The number of β-lactam (4-membered cyclic amide) rings is 1. The Kier molecular flexibility index (Phi) is 10.4. The average molecular weight is 726 g/mol. The molecule has 0 saturated carbocycles. The van der Waals surface area contributed by atoms with E-state index in [1.165, 1.54) is 59.5 Å². The maximum atomic E-state index is 13.7. The quantitative estimate of drug-likeness (QED) is 0.0867. The van der Waals surface area contributed by atoms with Gasteiger partial charge in [0, 0.05) is 11.3 Å². The number of carboxylic acid groups (broad SMARTS) is 1. The van der Waals surface area contributed by atoms with Crippen molar-refractivity contribution in [2.45, 2.75) is 49.0 Å². The summed E-state index contributed by atoms with van der Waals surface area (Å²) < 4.78 is 42.6. The first-order valence-electron chi connectivity index (χ1n) is 15.6. The lowest BCUT2D eigenvalue weighted by Gasteiger charge is -2.47. The Hall–Kier alpha value is -4.54. The molecule has 1 amide bonds. The number of hydrogen-bond donors (Lipinski definition) is 7. The molecule has 7 N–H and O–H groups in total. The highest BCUT2D eigenvalue weighted by atomic mass is 31.2. The van der Waals surface area contributed by atoms with Crippen molar-refractivity contribution in [1.29, 1.82) is 0 Å². The second kappa shape index (κ2) is 14.6. The number of aliphatic carboxylic acids is 1. The third-order valence-corrected chi connectivity index (χ3v) is 9.66. The van der Waals surface area contributed by atoms with Crippen LogP contribution in [0.3, 0.4) is 0 Å². The number of amides is 1. The topological polar surface area (TPSA) is 224 Å². The zero-order valence-electron chi connectivity index (χ0n) is 26.4. The van der Waals surface area contributed by atoms with E-state index in [0.717, 1.165) is 0 Å². The third-order valence-electron chi connectivity index (χ3n) is 8.69. The number of carboxylic acids is 1. The molecule has 2 aliphatic rings. The maximum absolute atomic E-state index is 13.7. The van der Waals surface area contributed by atoms with Crippen LogP contribution >= 0.6 is 7.60 Å². The van der Waals surface area contributed by atoms with E-state index in [1.807, 2.05) is 0 Å². The van der Waals surface area contributed by atoms with Gasteiger partial charge in [-0.25, -0.2) is 9.18 Å². The van der Waals surface area contributed by atoms with Crippen LogP contribution in [-0.2, 0) is 23.6 Å². The van der Waals surface area contributed by atoms with E-state index in [2.05, 4.69) is 0 Å². The molecule has 0 radical (unpaired) electrons. The van der Waals surface area contributed by atoms with Crippen LogP contribution in [0.5, 0.6) is 5.75 Å². The lowest BCUT2D eigenvalue weighted by molar-refractivity contribution is -0.271. The Labute approximate surface area is 289 Å². The first kappa shape index (κ1) is 36.3. The number of nitrogens with zero attached hydrogens (tertiary/aromatic N) is 1. The molecule has 2 fully saturated rings. The molecule has 4 aromatic rings. The molecule has 0 aliphatic carbocycles. The highest BCUT2D eigenvalue weighted by Gasteiger charge is 2.52. The summed E-state index contributed by atoms with van der Waals surface area (Å²) in [7, 11) is -4.54. The third kappa shape index (κ3) is 7.44. The monoisotopic (exact) mass is 725 g/mol. The van der Waals surface area contributed by atoms with Gasteiger partial charge in [-0.3, -0.25) is 14.3 Å². The Morgan fingerprint density at radius 3 is 2.16 bits per heavy atom. The van der Waals surface area contributed by atoms with Crippen molar-refractivity contribution in [3.05, 3.63) is 114 Å². The predicted molar refractivity (Wildman–Crippen MR) is 176 cm³/mol. The Bertz CT molecular complexity index is 1920. The van der Waals surface area contributed by atoms with Gasteiger partial charge in [0.1, 0.15) is 42.0 Å². The van der Waals surface area contributed by atoms with Crippen molar-refractivity contribution in [1.82, 2.24) is 0 Å². The van der Waals surface area contributed by atoms with Crippen molar-refractivity contribution in [3.63, 3.8) is 0 Å². The van der Waals surface area contributed by atoms with E-state index in [9.17, 15) is 53.9 Å². The van der Waals surface area contributed by atoms with E-state index in [0.29, 0.717) is 22.4 Å². The number of carbonyl (C=O) groups is 2. The molecule has 6 rings (SSSR count). The molecule has 2 heterocycles. The van der Waals surface area contributed by atoms with Crippen LogP contribution in [0.2, 0.25) is 0 Å². The minimum absolute atomic E-state index is 0.0746. The van der Waals surface area contributed by atoms with Gasteiger partial charge in [-0.05, 0) is 59.2 Å². The van der Waals surface area contributed by atoms with Gasteiger partial charge >= 0.3 is 13.6 Å². The maximum Gasteiger partial charge on any atom is 0.356 e. The molecular formula is C35H33FNO13P. The Balaban J connectivity index is 1.40. The number of benzene rings is 4. The summed E-state index contributed by atoms with van der Waals surface area (Å²) >= 11 is 0. The van der Waals surface area contributed by atoms with Gasteiger partial charge in [0.2, 0.25) is 6.29 Å². The summed E-state index contributed by atoms with van der Waals surface area (Å²) in [6.07, 6.45) is -12.2. The van der Waals surface area contributed by atoms with Crippen LogP contribution in [-0.4, -0.2) is 90.6 Å². The van der Waals surface area contributed by atoms with E-state index in [-0.39, 0.29) is 23.2 Å². The summed E-state index contributed by atoms with van der Waals surface area (Å²) in [5.74, 6) is -2.69. The molecule has 268 valence electrons. The molecule has 16 heteroatoms. The lowest BCUT2D eigenvalue weighted by Crippen LogP contribution is -2.62. The fraction of sp³-hybridized carbons (Fsp3) is 0.257. The van der Waals surface area contributed by atoms with Crippen LogP contribution in [0.15, 0.2) is 97.1 Å². The van der Waals surface area contributed by atoms with Crippen LogP contribution in [0.1, 0.15) is 23.3 Å². The summed E-state index contributed by atoms with van der Waals surface area (Å²) in [6.45, 7) is -0.365. The van der Waals surface area contributed by atoms with E-state index < -0.39 is 74.2 Å². The molecule has 8 atom stereocenters. The van der Waals surface area contributed by atoms with Crippen LogP contribution in [0.4, 0.5) is 10.1 Å². The summed E-state index contributed by atoms with van der Waals surface area (Å²) in [5, 5.41) is 51.6. The van der Waals surface area contributed by atoms with Gasteiger partial charge in [-0.15, -0.1) is 0 Å². The van der Waals surface area contributed by atoms with Crippen molar-refractivity contribution in [3.8, 4) is 16.9 Å². The minimum atomic E-state index is -4.54. The molecule has 0 spiro atoms. The summed E-state index contributed by atoms with van der Waals surface area (Å²) in [5.41, 5.74) is 1.96. The lowest BCUT2D eigenvalue weighted by atomic mass is 9.87. The zero-order valence-corrected chi connectivity index (χ0v) is 27.3. The molecule has 14 nitrogen and oxygen atoms in total. The van der Waals surface area contributed by atoms with Gasteiger partial charge in [0.05, 0.1) is 11.9 Å². The smallest absolute Gasteiger partial charge is 0.356 e. The standard InChI is InChI=1S/C35H33FNO13P/c36-21-11-6-19(7-12-21)25(38)17-48-31-27(37(33(31)42)22-4-2-1-3-5-22)24-15-10-20(18-8-13-23(14-9-18)51(45,46)47)16-26(24)49-35-30(41)28(39)29(40)32(50-35)34(43)44/h1-16,25,27-32,35,38-41H,17H2,(H,43,44)(H2,45,46,47)/t25-,27+,28-,29?,30?,31+,32?,35+/m0/s1. The van der Waals surface area contributed by atoms with E-state index in [1.54, 1.807) is 42.5 Å². The largest absolute Gasteiger partial charge is 0.479 e. The highest BCUT2D eigenvalue weighted by molar-refractivity contribution is 7.60. The number of aliphatic hydroxyl groups is 4. The molecule has 2 saturated heterocycles. The Morgan fingerprint density at radius 1 is 0.882 bits per heavy atom. The molecule has 51 heavy (non-hydrogen) atoms. The number of carbonyl (C=O) groups excluding carboxylic acids is 1. The summed E-state index contributed by atoms with van der Waals surface area (Å²) in [4.78, 5) is 46.0. The molecule has 3 unspecified atom stereocenters. The second-order valence-corrected chi connectivity index (χ2v) is 13.6. The Morgan fingerprint density at radius 2 is 1.53 bits per heavy atom. The van der Waals surface area contributed by atoms with Crippen molar-refractivity contribution < 1.29 is 68.1 Å². The number of halogens is 1. The SMILES string of the molecule is O=C(O)C1O[C@@H](Oc2cc(-c3ccc(P(=O)(O)O)cc3)ccc2[C@@H]2[C@@H](OC[C@H](O)c3ccc(F)cc3)C(=O)N2c2ccccc2)C(O)[C@@H](O)C1O. The number of ether oxygens (including phenoxy) is 3. The van der Waals surface area contributed by atoms with Crippen LogP contribution in [0.25, 0.3) is 11.1 Å². The fourth-order valence-electron chi connectivity index (χ4n) is 5.96. The van der Waals surface area contributed by atoms with Crippen molar-refractivity contribution >= 4 is 30.5 Å². The van der Waals surface area contributed by atoms with Gasteiger partial charge in [0.25, 0.3) is 5.91 Å². The van der Waals surface area contributed by atoms with Gasteiger partial charge in [0.15, 0.2) is 12.2 Å². The number of hydrogen-bond acceptors (Lipinski definition) is 10. The number of anilines is 1. The minimum Gasteiger partial charge on any atom is -0.479 e. The second-order valence-electron chi connectivity index (χ2n) is 12.0. The predicted octanol–water partition coefficient (Wildman–Crippen LogP) is 1.77. The van der Waals surface area contributed by atoms with Gasteiger partial charge < -0.3 is 49.5 Å². The zero-order chi connectivity index (χ0) is 36.6. The van der Waals surface area contributed by atoms with Crippen LogP contribution < -0.4 is 14.9 Å². The first-order valence-corrected chi connectivity index (χ1v) is 17.2. The van der Waals surface area contributed by atoms with Crippen LogP contribution in [0, 0.1) is 5.82 Å². The van der Waals surface area contributed by atoms with E-state index in [4.69, 9.17) is 14.2 Å². The summed E-state index contributed by atoms with van der Waals surface area (Å²) in [6, 6.07) is 22.7. The molecule has 0 bridgehead atoms. The number of para-hydroxylation sites is 1. The van der Waals surface area contributed by atoms with E-state index >= 15 is 0 Å². The van der Waals surface area contributed by atoms with Crippen molar-refractivity contribution in [2.75, 3.05) is 11.5 Å². The first-order chi connectivity index (χ1) is 24.2.